The van der Waals surface area contributed by atoms with E-state index in [4.69, 9.17) is 28.6 Å². The third-order valence-electron chi connectivity index (χ3n) is 4.87. The Morgan fingerprint density at radius 1 is 1.21 bits per heavy atom. The van der Waals surface area contributed by atoms with Crippen LogP contribution in [0.5, 0.6) is 0 Å². The normalized spacial score (nSPS) is 15.9. The Balaban J connectivity index is 1.69. The van der Waals surface area contributed by atoms with Gasteiger partial charge >= 0.3 is 0 Å². The van der Waals surface area contributed by atoms with E-state index >= 15 is 0 Å². The zero-order valence-electron chi connectivity index (χ0n) is 16.1. The molecule has 7 heteroatoms. The molecule has 0 unspecified atom stereocenters. The summed E-state index contributed by atoms with van der Waals surface area (Å²) in [5, 5.41) is 7.66. The van der Waals surface area contributed by atoms with Crippen LogP contribution in [-0.2, 0) is 4.74 Å². The van der Waals surface area contributed by atoms with Gasteiger partial charge in [-0.25, -0.2) is 4.39 Å². The first kappa shape index (κ1) is 21.0. The van der Waals surface area contributed by atoms with Gasteiger partial charge in [0.05, 0.1) is 30.0 Å². The van der Waals surface area contributed by atoms with E-state index in [9.17, 15) is 4.39 Å². The SMILES string of the molecule is Cc1cc(C)c(NC(=S)NC[C@@H](c2ccc(F)cc2)N2CCOCC2)c(Cl)c1. The van der Waals surface area contributed by atoms with Crippen molar-refractivity contribution < 1.29 is 9.13 Å². The van der Waals surface area contributed by atoms with Gasteiger partial charge in [-0.05, 0) is 61.0 Å². The molecule has 4 nitrogen and oxygen atoms in total. The number of anilines is 1. The van der Waals surface area contributed by atoms with Crippen LogP contribution in [0.2, 0.25) is 5.02 Å². The average molecular weight is 422 g/mol. The van der Waals surface area contributed by atoms with Crippen molar-refractivity contribution in [1.82, 2.24) is 10.2 Å². The van der Waals surface area contributed by atoms with Crippen molar-refractivity contribution in [2.75, 3.05) is 38.2 Å². The summed E-state index contributed by atoms with van der Waals surface area (Å²) in [6, 6.07) is 10.7. The second-order valence-corrected chi connectivity index (χ2v) is 7.80. The molecule has 0 amide bonds. The number of hydrogen-bond donors (Lipinski definition) is 2. The number of ether oxygens (including phenoxy) is 1. The van der Waals surface area contributed by atoms with Gasteiger partial charge in [-0.1, -0.05) is 29.8 Å². The van der Waals surface area contributed by atoms with Crippen LogP contribution in [0.15, 0.2) is 36.4 Å². The summed E-state index contributed by atoms with van der Waals surface area (Å²) >= 11 is 11.9. The molecule has 1 fully saturated rings. The van der Waals surface area contributed by atoms with Crippen LogP contribution in [0.4, 0.5) is 10.1 Å². The molecule has 0 spiro atoms. The van der Waals surface area contributed by atoms with Crippen LogP contribution < -0.4 is 10.6 Å². The van der Waals surface area contributed by atoms with Crippen molar-refractivity contribution in [3.05, 3.63) is 63.9 Å². The molecule has 2 N–H and O–H groups in total. The van der Waals surface area contributed by atoms with Crippen molar-refractivity contribution >= 4 is 34.6 Å². The minimum Gasteiger partial charge on any atom is -0.379 e. The summed E-state index contributed by atoms with van der Waals surface area (Å²) in [5.41, 5.74) is 4.01. The van der Waals surface area contributed by atoms with Crippen molar-refractivity contribution in [2.45, 2.75) is 19.9 Å². The molecule has 1 aliphatic heterocycles. The zero-order valence-corrected chi connectivity index (χ0v) is 17.7. The summed E-state index contributed by atoms with van der Waals surface area (Å²) in [4.78, 5) is 2.33. The van der Waals surface area contributed by atoms with Gasteiger partial charge in [0.1, 0.15) is 5.82 Å². The van der Waals surface area contributed by atoms with Crippen molar-refractivity contribution in [2.24, 2.45) is 0 Å². The molecular formula is C21H25ClFN3OS. The molecule has 2 aromatic rings. The van der Waals surface area contributed by atoms with Gasteiger partial charge in [-0.3, -0.25) is 4.90 Å². The van der Waals surface area contributed by atoms with Crippen molar-refractivity contribution in [3.63, 3.8) is 0 Å². The molecule has 0 saturated carbocycles. The largest absolute Gasteiger partial charge is 0.379 e. The number of aryl methyl sites for hydroxylation is 2. The van der Waals surface area contributed by atoms with Gasteiger partial charge in [0, 0.05) is 19.6 Å². The highest BCUT2D eigenvalue weighted by atomic mass is 35.5. The molecular weight excluding hydrogens is 397 g/mol. The maximum atomic E-state index is 13.4. The molecule has 0 aromatic heterocycles. The minimum atomic E-state index is -0.237. The first-order chi connectivity index (χ1) is 13.4. The number of benzene rings is 2. The maximum Gasteiger partial charge on any atom is 0.170 e. The molecule has 28 heavy (non-hydrogen) atoms. The second-order valence-electron chi connectivity index (χ2n) is 6.99. The Hall–Kier alpha value is -1.73. The summed E-state index contributed by atoms with van der Waals surface area (Å²) < 4.78 is 18.8. The van der Waals surface area contributed by atoms with Gasteiger partial charge in [0.2, 0.25) is 0 Å². The summed E-state index contributed by atoms with van der Waals surface area (Å²) in [7, 11) is 0. The molecule has 0 aliphatic carbocycles. The molecule has 3 rings (SSSR count). The number of nitrogens with one attached hydrogen (secondary N) is 2. The fourth-order valence-electron chi connectivity index (χ4n) is 3.45. The van der Waals surface area contributed by atoms with Crippen molar-refractivity contribution in [3.8, 4) is 0 Å². The highest BCUT2D eigenvalue weighted by Gasteiger charge is 2.23. The third kappa shape index (κ3) is 5.41. The van der Waals surface area contributed by atoms with Crippen LogP contribution >= 0.6 is 23.8 Å². The molecule has 1 atom stereocenters. The monoisotopic (exact) mass is 421 g/mol. The maximum absolute atomic E-state index is 13.4. The van der Waals surface area contributed by atoms with Crippen molar-refractivity contribution in [1.29, 1.82) is 0 Å². The minimum absolute atomic E-state index is 0.0684. The Bertz CT molecular complexity index is 802. The zero-order chi connectivity index (χ0) is 20.1. The predicted octanol–water partition coefficient (Wildman–Crippen LogP) is 4.46. The third-order valence-corrected chi connectivity index (χ3v) is 5.41. The number of hydrogen-bond acceptors (Lipinski definition) is 3. The van der Waals surface area contributed by atoms with Gasteiger partial charge < -0.3 is 15.4 Å². The number of halogens is 2. The van der Waals surface area contributed by atoms with E-state index in [1.807, 2.05) is 32.0 Å². The lowest BCUT2D eigenvalue weighted by molar-refractivity contribution is 0.0170. The van der Waals surface area contributed by atoms with Crippen LogP contribution in [0.3, 0.4) is 0 Å². The van der Waals surface area contributed by atoms with Gasteiger partial charge in [0.15, 0.2) is 5.11 Å². The first-order valence-corrected chi connectivity index (χ1v) is 10.1. The Kier molecular flexibility index (Phi) is 7.24. The average Bonchev–Trinajstić information content (AvgIpc) is 2.67. The Morgan fingerprint density at radius 2 is 1.89 bits per heavy atom. The quantitative estimate of drug-likeness (QED) is 0.697. The first-order valence-electron chi connectivity index (χ1n) is 9.33. The second kappa shape index (κ2) is 9.65. The van der Waals surface area contributed by atoms with Crippen LogP contribution in [0, 0.1) is 19.7 Å². The number of morpholine rings is 1. The molecule has 0 radical (unpaired) electrons. The number of rotatable bonds is 5. The summed E-state index contributed by atoms with van der Waals surface area (Å²) in [5.74, 6) is -0.237. The van der Waals surface area contributed by atoms with Crippen LogP contribution in [0.25, 0.3) is 0 Å². The molecule has 1 heterocycles. The molecule has 0 bridgehead atoms. The van der Waals surface area contributed by atoms with Gasteiger partial charge in [-0.15, -0.1) is 0 Å². The lowest BCUT2D eigenvalue weighted by Gasteiger charge is -2.35. The predicted molar refractivity (Wildman–Crippen MR) is 117 cm³/mol. The highest BCUT2D eigenvalue weighted by molar-refractivity contribution is 7.80. The van der Waals surface area contributed by atoms with E-state index in [1.54, 1.807) is 0 Å². The smallest absolute Gasteiger partial charge is 0.170 e. The van der Waals surface area contributed by atoms with E-state index in [-0.39, 0.29) is 11.9 Å². The Labute approximate surface area is 176 Å². The molecule has 150 valence electrons. The van der Waals surface area contributed by atoms with E-state index in [1.165, 1.54) is 12.1 Å². The topological polar surface area (TPSA) is 36.5 Å². The van der Waals surface area contributed by atoms with E-state index < -0.39 is 0 Å². The molecule has 2 aromatic carbocycles. The standard InChI is InChI=1S/C21H25ClFN3OS/c1-14-11-15(2)20(18(22)12-14)25-21(28)24-13-19(26-7-9-27-10-8-26)16-3-5-17(23)6-4-16/h3-6,11-12,19H,7-10,13H2,1-2H3,(H2,24,25,28)/t19-/m0/s1. The van der Waals surface area contributed by atoms with Crippen LogP contribution in [-0.4, -0.2) is 42.9 Å². The highest BCUT2D eigenvalue weighted by Crippen LogP contribution is 2.27. The fourth-order valence-corrected chi connectivity index (χ4v) is 4.01. The fraction of sp³-hybridized carbons (Fsp3) is 0.381. The number of nitrogens with zero attached hydrogens (tertiary/aromatic N) is 1. The lowest BCUT2D eigenvalue weighted by Crippen LogP contribution is -2.44. The lowest BCUT2D eigenvalue weighted by atomic mass is 10.0. The van der Waals surface area contributed by atoms with E-state index in [0.717, 1.165) is 35.5 Å². The summed E-state index contributed by atoms with van der Waals surface area (Å²) in [6.45, 7) is 7.64. The van der Waals surface area contributed by atoms with Gasteiger partial charge in [-0.2, -0.15) is 0 Å². The van der Waals surface area contributed by atoms with E-state index in [0.29, 0.717) is 29.9 Å². The summed E-state index contributed by atoms with van der Waals surface area (Å²) in [6.07, 6.45) is 0. The Morgan fingerprint density at radius 3 is 2.54 bits per heavy atom. The molecule has 1 saturated heterocycles. The van der Waals surface area contributed by atoms with Gasteiger partial charge in [0.25, 0.3) is 0 Å². The molecule has 1 aliphatic rings. The van der Waals surface area contributed by atoms with Crippen LogP contribution in [0.1, 0.15) is 22.7 Å². The number of thiocarbonyl (C=S) groups is 1. The van der Waals surface area contributed by atoms with E-state index in [2.05, 4.69) is 21.6 Å².